The molecule has 2 amide bonds. The number of piperidine rings is 2. The molecule has 2 aliphatic rings. The van der Waals surface area contributed by atoms with Crippen LogP contribution in [0.3, 0.4) is 0 Å². The molecule has 2 heterocycles. The molecule has 252 valence electrons. The number of para-hydroxylation sites is 1. The number of benzene rings is 4. The monoisotopic (exact) mass is 652 g/mol. The topological polar surface area (TPSA) is 95.6 Å². The lowest BCUT2D eigenvalue weighted by Gasteiger charge is -2.37. The summed E-state index contributed by atoms with van der Waals surface area (Å²) in [5.41, 5.74) is 2.88. The SMILES string of the molecule is COc1cccc(OC)c1C1CCCC(=O)N1.COc1cccc(OC)c1C1CCCC(=O)N1Cc1cccc(Oc2ccccc2)c1. The number of hydrogen-bond acceptors (Lipinski definition) is 7. The predicted octanol–water partition coefficient (Wildman–Crippen LogP) is 7.79. The molecule has 48 heavy (non-hydrogen) atoms. The zero-order valence-corrected chi connectivity index (χ0v) is 28.1. The molecule has 0 aromatic heterocycles. The first-order valence-electron chi connectivity index (χ1n) is 16.3. The Morgan fingerprint density at radius 1 is 0.646 bits per heavy atom. The average molecular weight is 653 g/mol. The third-order valence-corrected chi connectivity index (χ3v) is 8.64. The minimum absolute atomic E-state index is 0.0117. The van der Waals surface area contributed by atoms with Crippen LogP contribution in [0.15, 0.2) is 91.0 Å². The van der Waals surface area contributed by atoms with Crippen molar-refractivity contribution in [2.45, 2.75) is 57.2 Å². The van der Waals surface area contributed by atoms with Gasteiger partial charge in [-0.1, -0.05) is 42.5 Å². The molecule has 0 saturated carbocycles. The first-order valence-corrected chi connectivity index (χ1v) is 16.3. The van der Waals surface area contributed by atoms with Gasteiger partial charge in [-0.2, -0.15) is 0 Å². The maximum Gasteiger partial charge on any atom is 0.223 e. The van der Waals surface area contributed by atoms with Crippen molar-refractivity contribution in [3.05, 3.63) is 108 Å². The van der Waals surface area contributed by atoms with Crippen LogP contribution in [0.25, 0.3) is 0 Å². The van der Waals surface area contributed by atoms with Crippen molar-refractivity contribution in [2.24, 2.45) is 0 Å². The van der Waals surface area contributed by atoms with Gasteiger partial charge in [0.1, 0.15) is 34.5 Å². The number of ether oxygens (including phenoxy) is 5. The van der Waals surface area contributed by atoms with Crippen LogP contribution in [-0.2, 0) is 16.1 Å². The fraction of sp³-hybridized carbons (Fsp3) is 0.333. The Labute approximate surface area is 282 Å². The van der Waals surface area contributed by atoms with Crippen molar-refractivity contribution in [1.29, 1.82) is 0 Å². The lowest BCUT2D eigenvalue weighted by Crippen LogP contribution is -2.38. The van der Waals surface area contributed by atoms with Crippen molar-refractivity contribution >= 4 is 11.8 Å². The van der Waals surface area contributed by atoms with Crippen LogP contribution in [0.4, 0.5) is 0 Å². The van der Waals surface area contributed by atoms with Gasteiger partial charge in [-0.05, 0) is 79.8 Å². The van der Waals surface area contributed by atoms with E-state index in [9.17, 15) is 9.59 Å². The highest BCUT2D eigenvalue weighted by Gasteiger charge is 2.33. The van der Waals surface area contributed by atoms with Crippen molar-refractivity contribution in [1.82, 2.24) is 10.2 Å². The van der Waals surface area contributed by atoms with Crippen molar-refractivity contribution in [2.75, 3.05) is 28.4 Å². The molecule has 0 aliphatic carbocycles. The third kappa shape index (κ3) is 8.20. The van der Waals surface area contributed by atoms with E-state index in [1.807, 2.05) is 95.9 Å². The summed E-state index contributed by atoms with van der Waals surface area (Å²) in [5.74, 6) is 4.77. The summed E-state index contributed by atoms with van der Waals surface area (Å²) >= 11 is 0. The Kier molecular flexibility index (Phi) is 11.8. The van der Waals surface area contributed by atoms with Gasteiger partial charge < -0.3 is 33.9 Å². The van der Waals surface area contributed by atoms with Gasteiger partial charge in [0.05, 0.1) is 51.6 Å². The van der Waals surface area contributed by atoms with Crippen LogP contribution < -0.4 is 29.0 Å². The molecule has 2 saturated heterocycles. The summed E-state index contributed by atoms with van der Waals surface area (Å²) < 4.78 is 27.9. The Morgan fingerprint density at radius 2 is 1.21 bits per heavy atom. The van der Waals surface area contributed by atoms with E-state index < -0.39 is 0 Å². The summed E-state index contributed by atoms with van der Waals surface area (Å²) in [6, 6.07) is 28.9. The number of rotatable bonds is 10. The number of methoxy groups -OCH3 is 4. The largest absolute Gasteiger partial charge is 0.496 e. The number of nitrogens with one attached hydrogen (secondary N) is 1. The molecule has 9 nitrogen and oxygen atoms in total. The second kappa shape index (κ2) is 16.6. The molecule has 0 bridgehead atoms. The third-order valence-electron chi connectivity index (χ3n) is 8.64. The van der Waals surface area contributed by atoms with Crippen molar-refractivity contribution < 1.29 is 33.3 Å². The number of likely N-dealkylation sites (tertiary alicyclic amines) is 1. The fourth-order valence-electron chi connectivity index (χ4n) is 6.40. The maximum absolute atomic E-state index is 13.0. The molecule has 4 aromatic carbocycles. The lowest BCUT2D eigenvalue weighted by atomic mass is 9.92. The fourth-order valence-corrected chi connectivity index (χ4v) is 6.40. The zero-order valence-electron chi connectivity index (χ0n) is 28.1. The number of amides is 2. The standard InChI is InChI=1S/C26H27NO4.C13H17NO3/c1-29-23-14-8-15-24(30-2)26(23)22-13-7-16-25(28)27(22)18-19-9-6-12-21(17-19)31-20-10-4-3-5-11-20;1-16-10-6-4-7-11(17-2)13(10)9-5-3-8-12(15)14-9/h3-6,8-12,14-15,17,22H,7,13,16,18H2,1-2H3;4,6-7,9H,3,5,8H2,1-2H3,(H,14,15). The molecular weight excluding hydrogens is 608 g/mol. The highest BCUT2D eigenvalue weighted by molar-refractivity contribution is 5.78. The van der Waals surface area contributed by atoms with Gasteiger partial charge in [0.15, 0.2) is 0 Å². The Balaban J connectivity index is 0.000000224. The van der Waals surface area contributed by atoms with E-state index >= 15 is 0 Å². The smallest absolute Gasteiger partial charge is 0.223 e. The average Bonchev–Trinajstić information content (AvgIpc) is 3.12. The predicted molar refractivity (Wildman–Crippen MR) is 184 cm³/mol. The van der Waals surface area contributed by atoms with Crippen LogP contribution in [-0.4, -0.2) is 45.2 Å². The summed E-state index contributed by atoms with van der Waals surface area (Å²) in [6.07, 6.45) is 4.68. The quantitative estimate of drug-likeness (QED) is 0.187. The van der Waals surface area contributed by atoms with E-state index in [1.165, 1.54) is 0 Å². The Morgan fingerprint density at radius 3 is 1.81 bits per heavy atom. The molecule has 2 aliphatic heterocycles. The summed E-state index contributed by atoms with van der Waals surface area (Å²) in [4.78, 5) is 26.4. The zero-order chi connectivity index (χ0) is 33.9. The van der Waals surface area contributed by atoms with Crippen LogP contribution in [0.1, 0.15) is 67.3 Å². The summed E-state index contributed by atoms with van der Waals surface area (Å²) in [7, 11) is 6.56. The van der Waals surface area contributed by atoms with Gasteiger partial charge in [-0.3, -0.25) is 9.59 Å². The second-order valence-electron chi connectivity index (χ2n) is 11.7. The van der Waals surface area contributed by atoms with E-state index in [2.05, 4.69) is 5.32 Å². The van der Waals surface area contributed by atoms with Gasteiger partial charge in [0, 0.05) is 19.4 Å². The molecule has 4 aromatic rings. The van der Waals surface area contributed by atoms with Crippen LogP contribution in [0.2, 0.25) is 0 Å². The number of nitrogens with zero attached hydrogens (tertiary/aromatic N) is 1. The maximum atomic E-state index is 13.0. The van der Waals surface area contributed by atoms with E-state index in [0.29, 0.717) is 19.4 Å². The van der Waals surface area contributed by atoms with E-state index in [0.717, 1.165) is 76.9 Å². The molecule has 2 atom stereocenters. The van der Waals surface area contributed by atoms with Gasteiger partial charge in [-0.15, -0.1) is 0 Å². The molecule has 0 radical (unpaired) electrons. The first kappa shape index (κ1) is 34.2. The highest BCUT2D eigenvalue weighted by Crippen LogP contribution is 2.43. The summed E-state index contributed by atoms with van der Waals surface area (Å²) in [5, 5.41) is 2.98. The normalized spacial score (nSPS) is 17.4. The second-order valence-corrected chi connectivity index (χ2v) is 11.7. The molecule has 2 fully saturated rings. The molecular formula is C39H44N2O7. The molecule has 2 unspecified atom stereocenters. The molecule has 1 N–H and O–H groups in total. The first-order chi connectivity index (χ1) is 23.4. The number of carbonyl (C=O) groups excluding carboxylic acids is 2. The van der Waals surface area contributed by atoms with Crippen LogP contribution in [0, 0.1) is 0 Å². The van der Waals surface area contributed by atoms with Crippen molar-refractivity contribution in [3.8, 4) is 34.5 Å². The van der Waals surface area contributed by atoms with Crippen LogP contribution in [0.5, 0.6) is 34.5 Å². The highest BCUT2D eigenvalue weighted by atomic mass is 16.5. The van der Waals surface area contributed by atoms with E-state index in [4.69, 9.17) is 23.7 Å². The van der Waals surface area contributed by atoms with E-state index in [-0.39, 0.29) is 23.9 Å². The van der Waals surface area contributed by atoms with Gasteiger partial charge in [-0.25, -0.2) is 0 Å². The summed E-state index contributed by atoms with van der Waals surface area (Å²) in [6.45, 7) is 0.497. The molecule has 6 rings (SSSR count). The van der Waals surface area contributed by atoms with Gasteiger partial charge >= 0.3 is 0 Å². The number of carbonyl (C=O) groups is 2. The minimum atomic E-state index is -0.106. The van der Waals surface area contributed by atoms with Gasteiger partial charge in [0.25, 0.3) is 0 Å². The van der Waals surface area contributed by atoms with Crippen LogP contribution >= 0.6 is 0 Å². The number of hydrogen-bond donors (Lipinski definition) is 1. The molecule has 0 spiro atoms. The minimum Gasteiger partial charge on any atom is -0.496 e. The Hall–Kier alpha value is -5.18. The lowest BCUT2D eigenvalue weighted by molar-refractivity contribution is -0.137. The van der Waals surface area contributed by atoms with Crippen molar-refractivity contribution in [3.63, 3.8) is 0 Å². The van der Waals surface area contributed by atoms with E-state index in [1.54, 1.807) is 28.4 Å². The Bertz CT molecular complexity index is 1630. The molecule has 9 heteroatoms. The van der Waals surface area contributed by atoms with Gasteiger partial charge in [0.2, 0.25) is 11.8 Å².